The van der Waals surface area contributed by atoms with Crippen LogP contribution in [0.5, 0.6) is 0 Å². The normalized spacial score (nSPS) is 20.6. The number of carbonyl (C=O) groups excluding carboxylic acids is 1. The van der Waals surface area contributed by atoms with Crippen LogP contribution in [0.2, 0.25) is 0 Å². The van der Waals surface area contributed by atoms with Gasteiger partial charge in [0.1, 0.15) is 0 Å². The molecule has 1 N–H and O–H groups in total. The molecule has 2 heterocycles. The molecule has 1 fully saturated rings. The minimum atomic E-state index is 0.0594. The Hall–Kier alpha value is -1.16. The topological polar surface area (TPSA) is 46.9 Å². The molecule has 0 saturated carbocycles. The van der Waals surface area contributed by atoms with Crippen LogP contribution < -0.4 is 5.32 Å². The SMILES string of the molecule is CC(C)n1ccc(CC(=O)C2CCCN2)n1. The molecule has 0 aromatic carbocycles. The lowest BCUT2D eigenvalue weighted by molar-refractivity contribution is -0.120. The van der Waals surface area contributed by atoms with E-state index in [1.165, 1.54) is 0 Å². The molecular weight excluding hydrogens is 202 g/mol. The molecule has 1 aromatic rings. The number of carbonyl (C=O) groups is 1. The highest BCUT2D eigenvalue weighted by atomic mass is 16.1. The van der Waals surface area contributed by atoms with Gasteiger partial charge in [-0.25, -0.2) is 0 Å². The summed E-state index contributed by atoms with van der Waals surface area (Å²) in [5.41, 5.74) is 0.882. The van der Waals surface area contributed by atoms with Crippen LogP contribution in [0.1, 0.15) is 38.4 Å². The van der Waals surface area contributed by atoms with Crippen molar-refractivity contribution in [3.63, 3.8) is 0 Å². The first-order valence-electron chi connectivity index (χ1n) is 5.97. The molecule has 4 nitrogen and oxygen atoms in total. The Morgan fingerprint density at radius 3 is 3.06 bits per heavy atom. The van der Waals surface area contributed by atoms with Gasteiger partial charge < -0.3 is 5.32 Å². The van der Waals surface area contributed by atoms with E-state index in [2.05, 4.69) is 24.3 Å². The van der Waals surface area contributed by atoms with Gasteiger partial charge in [-0.1, -0.05) is 0 Å². The smallest absolute Gasteiger partial charge is 0.155 e. The number of hydrogen-bond acceptors (Lipinski definition) is 3. The van der Waals surface area contributed by atoms with Gasteiger partial charge in [0.25, 0.3) is 0 Å². The highest BCUT2D eigenvalue weighted by Gasteiger charge is 2.22. The third-order valence-corrected chi connectivity index (χ3v) is 3.00. The van der Waals surface area contributed by atoms with Gasteiger partial charge >= 0.3 is 0 Å². The molecule has 16 heavy (non-hydrogen) atoms. The van der Waals surface area contributed by atoms with Crippen LogP contribution in [0.25, 0.3) is 0 Å². The van der Waals surface area contributed by atoms with Crippen molar-refractivity contribution in [1.82, 2.24) is 15.1 Å². The zero-order valence-electron chi connectivity index (χ0n) is 9.94. The van der Waals surface area contributed by atoms with Gasteiger partial charge in [-0.05, 0) is 39.3 Å². The Labute approximate surface area is 96.0 Å². The monoisotopic (exact) mass is 221 g/mol. The zero-order chi connectivity index (χ0) is 11.5. The maximum absolute atomic E-state index is 11.9. The molecule has 88 valence electrons. The molecule has 1 saturated heterocycles. The van der Waals surface area contributed by atoms with E-state index in [0.29, 0.717) is 12.5 Å². The molecule has 1 aliphatic rings. The highest BCUT2D eigenvalue weighted by molar-refractivity contribution is 5.85. The van der Waals surface area contributed by atoms with Crippen LogP contribution in [0.4, 0.5) is 0 Å². The molecule has 0 radical (unpaired) electrons. The van der Waals surface area contributed by atoms with Crippen molar-refractivity contribution in [2.24, 2.45) is 0 Å². The van der Waals surface area contributed by atoms with E-state index in [1.54, 1.807) is 0 Å². The summed E-state index contributed by atoms with van der Waals surface area (Å²) >= 11 is 0. The van der Waals surface area contributed by atoms with Crippen LogP contribution in [0, 0.1) is 0 Å². The van der Waals surface area contributed by atoms with E-state index in [0.717, 1.165) is 25.1 Å². The number of aromatic nitrogens is 2. The van der Waals surface area contributed by atoms with Crippen molar-refractivity contribution in [3.8, 4) is 0 Å². The third kappa shape index (κ3) is 2.50. The van der Waals surface area contributed by atoms with Crippen molar-refractivity contribution in [2.45, 2.75) is 45.2 Å². The molecular formula is C12H19N3O. The number of nitrogens with zero attached hydrogens (tertiary/aromatic N) is 2. The van der Waals surface area contributed by atoms with Crippen LogP contribution in [-0.4, -0.2) is 28.2 Å². The third-order valence-electron chi connectivity index (χ3n) is 3.00. The second-order valence-corrected chi connectivity index (χ2v) is 4.67. The molecule has 2 rings (SSSR count). The van der Waals surface area contributed by atoms with Gasteiger partial charge in [0.15, 0.2) is 5.78 Å². The predicted molar refractivity (Wildman–Crippen MR) is 62.3 cm³/mol. The molecule has 1 atom stereocenters. The molecule has 0 aliphatic carbocycles. The first-order valence-corrected chi connectivity index (χ1v) is 5.97. The Kier molecular flexibility index (Phi) is 3.39. The van der Waals surface area contributed by atoms with E-state index in [1.807, 2.05) is 16.9 Å². The standard InChI is InChI=1S/C12H19N3O/c1-9(2)15-7-5-10(14-15)8-12(16)11-4-3-6-13-11/h5,7,9,11,13H,3-4,6,8H2,1-2H3. The van der Waals surface area contributed by atoms with Gasteiger partial charge in [-0.3, -0.25) is 9.48 Å². The second-order valence-electron chi connectivity index (χ2n) is 4.67. The molecule has 0 bridgehead atoms. The van der Waals surface area contributed by atoms with Gasteiger partial charge in [-0.15, -0.1) is 0 Å². The maximum Gasteiger partial charge on any atom is 0.155 e. The average Bonchev–Trinajstić information content (AvgIpc) is 2.87. The molecule has 1 aromatic heterocycles. The second kappa shape index (κ2) is 4.78. The van der Waals surface area contributed by atoms with E-state index in [9.17, 15) is 4.79 Å². The minimum Gasteiger partial charge on any atom is -0.307 e. The lowest BCUT2D eigenvalue weighted by Crippen LogP contribution is -2.32. The number of hydrogen-bond donors (Lipinski definition) is 1. The zero-order valence-corrected chi connectivity index (χ0v) is 9.94. The van der Waals surface area contributed by atoms with Crippen LogP contribution in [-0.2, 0) is 11.2 Å². The summed E-state index contributed by atoms with van der Waals surface area (Å²) in [5.74, 6) is 0.270. The Morgan fingerprint density at radius 1 is 1.69 bits per heavy atom. The predicted octanol–water partition coefficient (Wildman–Crippen LogP) is 1.33. The van der Waals surface area contributed by atoms with Gasteiger partial charge in [0.2, 0.25) is 0 Å². The van der Waals surface area contributed by atoms with Gasteiger partial charge in [0, 0.05) is 12.2 Å². The summed E-state index contributed by atoms with van der Waals surface area (Å²) in [6.45, 7) is 5.13. The number of Topliss-reactive ketones (excluding diaryl/α,β-unsaturated/α-hetero) is 1. The molecule has 1 unspecified atom stereocenters. The Morgan fingerprint density at radius 2 is 2.50 bits per heavy atom. The number of ketones is 1. The fraction of sp³-hybridized carbons (Fsp3) is 0.667. The Bertz CT molecular complexity index is 364. The van der Waals surface area contributed by atoms with E-state index in [-0.39, 0.29) is 11.8 Å². The van der Waals surface area contributed by atoms with Gasteiger partial charge in [-0.2, -0.15) is 5.10 Å². The summed E-state index contributed by atoms with van der Waals surface area (Å²) < 4.78 is 1.89. The maximum atomic E-state index is 11.9. The number of nitrogens with one attached hydrogen (secondary N) is 1. The fourth-order valence-electron chi connectivity index (χ4n) is 2.02. The van der Waals surface area contributed by atoms with Crippen LogP contribution in [0.3, 0.4) is 0 Å². The van der Waals surface area contributed by atoms with Crippen molar-refractivity contribution in [3.05, 3.63) is 18.0 Å². The number of rotatable bonds is 4. The largest absolute Gasteiger partial charge is 0.307 e. The molecule has 1 aliphatic heterocycles. The van der Waals surface area contributed by atoms with Crippen LogP contribution >= 0.6 is 0 Å². The molecule has 0 spiro atoms. The summed E-state index contributed by atoms with van der Waals surface area (Å²) in [4.78, 5) is 11.9. The Balaban J connectivity index is 1.95. The first-order chi connectivity index (χ1) is 7.66. The summed E-state index contributed by atoms with van der Waals surface area (Å²) in [5, 5.41) is 7.61. The van der Waals surface area contributed by atoms with Crippen molar-refractivity contribution >= 4 is 5.78 Å². The summed E-state index contributed by atoms with van der Waals surface area (Å²) in [7, 11) is 0. The van der Waals surface area contributed by atoms with E-state index >= 15 is 0 Å². The highest BCUT2D eigenvalue weighted by Crippen LogP contribution is 2.10. The lowest BCUT2D eigenvalue weighted by Gasteiger charge is -2.07. The van der Waals surface area contributed by atoms with Crippen molar-refractivity contribution in [1.29, 1.82) is 0 Å². The minimum absolute atomic E-state index is 0.0594. The van der Waals surface area contributed by atoms with Crippen molar-refractivity contribution in [2.75, 3.05) is 6.54 Å². The molecule has 4 heteroatoms. The van der Waals surface area contributed by atoms with Gasteiger partial charge in [0.05, 0.1) is 18.2 Å². The van der Waals surface area contributed by atoms with E-state index < -0.39 is 0 Å². The fourth-order valence-corrected chi connectivity index (χ4v) is 2.02. The average molecular weight is 221 g/mol. The summed E-state index contributed by atoms with van der Waals surface area (Å²) in [6, 6.07) is 2.35. The first kappa shape index (κ1) is 11.3. The molecule has 0 amide bonds. The van der Waals surface area contributed by atoms with E-state index in [4.69, 9.17) is 0 Å². The van der Waals surface area contributed by atoms with Crippen LogP contribution in [0.15, 0.2) is 12.3 Å². The summed E-state index contributed by atoms with van der Waals surface area (Å²) in [6.07, 6.45) is 4.48. The quantitative estimate of drug-likeness (QED) is 0.834. The van der Waals surface area contributed by atoms with Crippen molar-refractivity contribution < 1.29 is 4.79 Å². The lowest BCUT2D eigenvalue weighted by atomic mass is 10.1.